The molecule has 1 unspecified atom stereocenters. The molecule has 0 aromatic carbocycles. The first-order chi connectivity index (χ1) is 7.08. The average Bonchev–Trinajstić information content (AvgIpc) is 2.58. The highest BCUT2D eigenvalue weighted by Crippen LogP contribution is 2.34. The SMILES string of the molecule is COC(=O)Nc1nn(C)cc1C(C)SS. The highest BCUT2D eigenvalue weighted by atomic mass is 33.1. The van der Waals surface area contributed by atoms with Crippen molar-refractivity contribution in [3.05, 3.63) is 11.8 Å². The van der Waals surface area contributed by atoms with Crippen molar-refractivity contribution >= 4 is 34.4 Å². The van der Waals surface area contributed by atoms with Crippen molar-refractivity contribution in [1.82, 2.24) is 9.78 Å². The van der Waals surface area contributed by atoms with Crippen molar-refractivity contribution in [2.45, 2.75) is 12.2 Å². The van der Waals surface area contributed by atoms with Gasteiger partial charge in [0, 0.05) is 24.1 Å². The molecule has 0 bridgehead atoms. The molecule has 0 radical (unpaired) electrons. The Balaban J connectivity index is 2.90. The van der Waals surface area contributed by atoms with Crippen LogP contribution in [0.2, 0.25) is 0 Å². The van der Waals surface area contributed by atoms with Crippen LogP contribution in [0.25, 0.3) is 0 Å². The van der Waals surface area contributed by atoms with Gasteiger partial charge in [-0.2, -0.15) is 5.10 Å². The third-order valence-corrected chi connectivity index (χ3v) is 3.38. The van der Waals surface area contributed by atoms with Crippen LogP contribution < -0.4 is 5.32 Å². The van der Waals surface area contributed by atoms with Gasteiger partial charge in [-0.3, -0.25) is 10.00 Å². The first-order valence-electron chi connectivity index (χ1n) is 4.27. The third-order valence-electron chi connectivity index (χ3n) is 1.86. The Kier molecular flexibility index (Phi) is 4.34. The number of nitrogens with zero attached hydrogens (tertiary/aromatic N) is 2. The molecular formula is C8H13N3O2S2. The van der Waals surface area contributed by atoms with Gasteiger partial charge in [0.1, 0.15) is 0 Å². The van der Waals surface area contributed by atoms with E-state index in [4.69, 9.17) is 0 Å². The summed E-state index contributed by atoms with van der Waals surface area (Å²) in [5, 5.41) is 6.83. The van der Waals surface area contributed by atoms with E-state index in [1.54, 1.807) is 11.7 Å². The van der Waals surface area contributed by atoms with Crippen LogP contribution in [0.1, 0.15) is 17.7 Å². The van der Waals surface area contributed by atoms with E-state index in [1.807, 2.05) is 13.1 Å². The molecule has 1 aromatic rings. The Hall–Kier alpha value is -0.820. The molecule has 1 heterocycles. The Morgan fingerprint density at radius 2 is 2.47 bits per heavy atom. The minimum absolute atomic E-state index is 0.147. The van der Waals surface area contributed by atoms with E-state index >= 15 is 0 Å². The molecular weight excluding hydrogens is 234 g/mol. The largest absolute Gasteiger partial charge is 0.453 e. The molecule has 0 aliphatic heterocycles. The summed E-state index contributed by atoms with van der Waals surface area (Å²) in [6.07, 6.45) is 1.32. The molecule has 0 aliphatic carbocycles. The maximum atomic E-state index is 11.0. The Labute approximate surface area is 97.4 Å². The minimum Gasteiger partial charge on any atom is -0.453 e. The number of carbonyl (C=O) groups excluding carboxylic acids is 1. The summed E-state index contributed by atoms with van der Waals surface area (Å²) >= 11 is 4.13. The lowest BCUT2D eigenvalue weighted by atomic mass is 10.2. The van der Waals surface area contributed by atoms with E-state index in [9.17, 15) is 4.79 Å². The maximum absolute atomic E-state index is 11.0. The fraction of sp³-hybridized carbons (Fsp3) is 0.500. The average molecular weight is 247 g/mol. The second kappa shape index (κ2) is 5.32. The lowest BCUT2D eigenvalue weighted by Crippen LogP contribution is -2.13. The molecule has 0 aliphatic rings. The molecule has 0 spiro atoms. The van der Waals surface area contributed by atoms with E-state index in [0.29, 0.717) is 5.82 Å². The number of ether oxygens (including phenoxy) is 1. The molecule has 1 rings (SSSR count). The number of nitrogens with one attached hydrogen (secondary N) is 1. The zero-order valence-electron chi connectivity index (χ0n) is 8.72. The van der Waals surface area contributed by atoms with Crippen LogP contribution in [0.15, 0.2) is 6.20 Å². The zero-order chi connectivity index (χ0) is 11.4. The van der Waals surface area contributed by atoms with Gasteiger partial charge in [0.05, 0.1) is 7.11 Å². The van der Waals surface area contributed by atoms with Crippen LogP contribution in [0.5, 0.6) is 0 Å². The van der Waals surface area contributed by atoms with Crippen molar-refractivity contribution in [1.29, 1.82) is 0 Å². The monoisotopic (exact) mass is 247 g/mol. The summed E-state index contributed by atoms with van der Waals surface area (Å²) in [4.78, 5) is 11.0. The number of thiol groups is 1. The predicted octanol–water partition coefficient (Wildman–Crippen LogP) is 2.24. The van der Waals surface area contributed by atoms with E-state index in [1.165, 1.54) is 17.9 Å². The first-order valence-corrected chi connectivity index (χ1v) is 6.20. The summed E-state index contributed by atoms with van der Waals surface area (Å²) in [6.45, 7) is 1.98. The number of methoxy groups -OCH3 is 1. The first kappa shape index (κ1) is 12.3. The Morgan fingerprint density at radius 3 is 3.00 bits per heavy atom. The Bertz CT molecular complexity index is 354. The number of amides is 1. The van der Waals surface area contributed by atoms with E-state index in [0.717, 1.165) is 5.56 Å². The molecule has 0 fully saturated rings. The van der Waals surface area contributed by atoms with Crippen molar-refractivity contribution in [3.63, 3.8) is 0 Å². The summed E-state index contributed by atoms with van der Waals surface area (Å²) in [6, 6.07) is 0. The molecule has 0 saturated carbocycles. The van der Waals surface area contributed by atoms with Crippen LogP contribution >= 0.6 is 22.5 Å². The van der Waals surface area contributed by atoms with Gasteiger partial charge in [-0.25, -0.2) is 4.79 Å². The highest BCUT2D eigenvalue weighted by molar-refractivity contribution is 8.68. The molecule has 15 heavy (non-hydrogen) atoms. The number of aryl methyl sites for hydroxylation is 1. The van der Waals surface area contributed by atoms with Gasteiger partial charge in [-0.05, 0) is 6.92 Å². The molecule has 1 N–H and O–H groups in total. The van der Waals surface area contributed by atoms with Crippen molar-refractivity contribution in [2.24, 2.45) is 7.05 Å². The van der Waals surface area contributed by atoms with Crippen LogP contribution in [0.3, 0.4) is 0 Å². The van der Waals surface area contributed by atoms with Crippen LogP contribution in [-0.4, -0.2) is 23.0 Å². The van der Waals surface area contributed by atoms with Crippen molar-refractivity contribution in [2.75, 3.05) is 12.4 Å². The van der Waals surface area contributed by atoms with Crippen molar-refractivity contribution in [3.8, 4) is 0 Å². The van der Waals surface area contributed by atoms with Crippen LogP contribution in [0, 0.1) is 0 Å². The van der Waals surface area contributed by atoms with Gasteiger partial charge in [0.25, 0.3) is 0 Å². The number of anilines is 1. The smallest absolute Gasteiger partial charge is 0.412 e. The van der Waals surface area contributed by atoms with Gasteiger partial charge in [0.15, 0.2) is 5.82 Å². The van der Waals surface area contributed by atoms with Crippen LogP contribution in [0.4, 0.5) is 10.6 Å². The minimum atomic E-state index is -0.522. The summed E-state index contributed by atoms with van der Waals surface area (Å²) in [7, 11) is 4.50. The fourth-order valence-electron chi connectivity index (χ4n) is 1.11. The second-order valence-electron chi connectivity index (χ2n) is 2.97. The second-order valence-corrected chi connectivity index (χ2v) is 4.52. The molecule has 0 saturated heterocycles. The predicted molar refractivity (Wildman–Crippen MR) is 64.2 cm³/mol. The number of rotatable bonds is 3. The Morgan fingerprint density at radius 1 is 1.80 bits per heavy atom. The maximum Gasteiger partial charge on any atom is 0.412 e. The van der Waals surface area contributed by atoms with E-state index in [-0.39, 0.29) is 5.25 Å². The standard InChI is InChI=1S/C8H13N3O2S2/c1-5(15-14)6-4-11(2)10-7(6)9-8(12)13-3/h4-5,14H,1-3H3,(H,9,10,12). The summed E-state index contributed by atoms with van der Waals surface area (Å²) < 4.78 is 6.15. The van der Waals surface area contributed by atoms with Gasteiger partial charge in [-0.15, -0.1) is 11.7 Å². The topological polar surface area (TPSA) is 56.1 Å². The molecule has 1 atom stereocenters. The summed E-state index contributed by atoms with van der Waals surface area (Å²) in [5.74, 6) is 0.512. The molecule has 84 valence electrons. The molecule has 1 amide bonds. The normalized spacial score (nSPS) is 12.3. The zero-order valence-corrected chi connectivity index (χ0v) is 10.4. The number of aromatic nitrogens is 2. The van der Waals surface area contributed by atoms with E-state index < -0.39 is 6.09 Å². The van der Waals surface area contributed by atoms with Crippen molar-refractivity contribution < 1.29 is 9.53 Å². The van der Waals surface area contributed by atoms with Gasteiger partial charge in [-0.1, -0.05) is 10.8 Å². The van der Waals surface area contributed by atoms with Gasteiger partial charge < -0.3 is 4.74 Å². The fourth-order valence-corrected chi connectivity index (χ4v) is 1.73. The summed E-state index contributed by atoms with van der Waals surface area (Å²) in [5.41, 5.74) is 0.919. The molecule has 1 aromatic heterocycles. The lowest BCUT2D eigenvalue weighted by Gasteiger charge is -2.07. The van der Waals surface area contributed by atoms with Gasteiger partial charge in [0.2, 0.25) is 0 Å². The van der Waals surface area contributed by atoms with E-state index in [2.05, 4.69) is 26.8 Å². The number of hydrogen-bond donors (Lipinski definition) is 2. The molecule has 7 heteroatoms. The number of hydrogen-bond acceptors (Lipinski definition) is 5. The molecule has 5 nitrogen and oxygen atoms in total. The number of carbonyl (C=O) groups is 1. The highest BCUT2D eigenvalue weighted by Gasteiger charge is 2.16. The lowest BCUT2D eigenvalue weighted by molar-refractivity contribution is 0.186. The van der Waals surface area contributed by atoms with Gasteiger partial charge >= 0.3 is 6.09 Å². The third kappa shape index (κ3) is 3.07. The quantitative estimate of drug-likeness (QED) is 0.635. The van der Waals surface area contributed by atoms with Crippen LogP contribution in [-0.2, 0) is 11.8 Å².